The van der Waals surface area contributed by atoms with Crippen molar-refractivity contribution in [3.63, 3.8) is 0 Å². The molecule has 1 fully saturated rings. The van der Waals surface area contributed by atoms with Crippen molar-refractivity contribution in [2.45, 2.75) is 44.7 Å². The van der Waals surface area contributed by atoms with Crippen LogP contribution in [0.3, 0.4) is 0 Å². The molecule has 1 amide bonds. The highest BCUT2D eigenvalue weighted by molar-refractivity contribution is 5.85. The van der Waals surface area contributed by atoms with Gasteiger partial charge < -0.3 is 16.2 Å². The Bertz CT molecular complexity index is 266. The van der Waals surface area contributed by atoms with Crippen LogP contribution >= 0.6 is 0 Å². The highest BCUT2D eigenvalue weighted by Gasteiger charge is 2.35. The Morgan fingerprint density at radius 3 is 2.40 bits per heavy atom. The lowest BCUT2D eigenvalue weighted by Gasteiger charge is -2.23. The fourth-order valence-corrected chi connectivity index (χ4v) is 1.38. The number of nitrogens with one attached hydrogen (secondary N) is 1. The van der Waals surface area contributed by atoms with Crippen LogP contribution in [0.4, 0.5) is 0 Å². The molecule has 0 aromatic carbocycles. The van der Waals surface area contributed by atoms with E-state index in [4.69, 9.17) is 10.8 Å². The second-order valence-corrected chi connectivity index (χ2v) is 4.74. The standard InChI is InChI=1S/C10H18N2O3/c1-10(2,11)9(15)12-7(5-8(13)14)6-3-4-6/h6-7H,3-5,11H2,1-2H3,(H,12,15)(H,13,14). The van der Waals surface area contributed by atoms with E-state index in [9.17, 15) is 9.59 Å². The van der Waals surface area contributed by atoms with E-state index in [0.717, 1.165) is 12.8 Å². The number of amides is 1. The quantitative estimate of drug-likeness (QED) is 0.605. The lowest BCUT2D eigenvalue weighted by Crippen LogP contribution is -2.53. The maximum atomic E-state index is 11.6. The molecule has 0 aromatic rings. The zero-order chi connectivity index (χ0) is 11.6. The second kappa shape index (κ2) is 4.18. The van der Waals surface area contributed by atoms with Gasteiger partial charge in [-0.05, 0) is 32.6 Å². The third kappa shape index (κ3) is 3.87. The van der Waals surface area contributed by atoms with Crippen molar-refractivity contribution in [2.75, 3.05) is 0 Å². The van der Waals surface area contributed by atoms with E-state index in [2.05, 4.69) is 5.32 Å². The van der Waals surface area contributed by atoms with Crippen LogP contribution in [0.5, 0.6) is 0 Å². The molecule has 0 saturated heterocycles. The summed E-state index contributed by atoms with van der Waals surface area (Å²) in [7, 11) is 0. The van der Waals surface area contributed by atoms with Crippen molar-refractivity contribution in [1.82, 2.24) is 5.32 Å². The summed E-state index contributed by atoms with van der Waals surface area (Å²) in [6.07, 6.45) is 1.96. The molecule has 1 aliphatic rings. The van der Waals surface area contributed by atoms with Crippen LogP contribution in [-0.4, -0.2) is 28.6 Å². The summed E-state index contributed by atoms with van der Waals surface area (Å²) in [4.78, 5) is 22.2. The first-order valence-electron chi connectivity index (χ1n) is 5.12. The van der Waals surface area contributed by atoms with E-state index in [1.165, 1.54) is 0 Å². The third-order valence-corrected chi connectivity index (χ3v) is 2.49. The molecular weight excluding hydrogens is 196 g/mol. The summed E-state index contributed by atoms with van der Waals surface area (Å²) in [5.74, 6) is -0.866. The van der Waals surface area contributed by atoms with E-state index < -0.39 is 11.5 Å². The predicted octanol–water partition coefficient (Wildman–Crippen LogP) is 0.0932. The molecule has 0 heterocycles. The fourth-order valence-electron chi connectivity index (χ4n) is 1.38. The van der Waals surface area contributed by atoms with Crippen LogP contribution in [0.25, 0.3) is 0 Å². The Kier molecular flexibility index (Phi) is 3.34. The maximum Gasteiger partial charge on any atom is 0.305 e. The van der Waals surface area contributed by atoms with Gasteiger partial charge in [0.05, 0.1) is 12.0 Å². The minimum absolute atomic E-state index is 0.0213. The van der Waals surface area contributed by atoms with Gasteiger partial charge in [-0.1, -0.05) is 0 Å². The second-order valence-electron chi connectivity index (χ2n) is 4.74. The summed E-state index contributed by atoms with van der Waals surface area (Å²) < 4.78 is 0. The normalized spacial score (nSPS) is 18.3. The first-order chi connectivity index (χ1) is 6.80. The summed E-state index contributed by atoms with van der Waals surface area (Å²) in [5, 5.41) is 11.4. The van der Waals surface area contributed by atoms with E-state index in [1.807, 2.05) is 0 Å². The van der Waals surface area contributed by atoms with Crippen molar-refractivity contribution >= 4 is 11.9 Å². The van der Waals surface area contributed by atoms with Crippen LogP contribution in [0.1, 0.15) is 33.1 Å². The minimum Gasteiger partial charge on any atom is -0.481 e. The number of aliphatic carboxylic acids is 1. The minimum atomic E-state index is -0.953. The van der Waals surface area contributed by atoms with E-state index in [1.54, 1.807) is 13.8 Å². The predicted molar refractivity (Wildman–Crippen MR) is 55.2 cm³/mol. The van der Waals surface area contributed by atoms with Gasteiger partial charge in [-0.3, -0.25) is 9.59 Å². The SMILES string of the molecule is CC(C)(N)C(=O)NC(CC(=O)O)C1CC1. The van der Waals surface area contributed by atoms with E-state index >= 15 is 0 Å². The fraction of sp³-hybridized carbons (Fsp3) is 0.800. The van der Waals surface area contributed by atoms with Gasteiger partial charge >= 0.3 is 5.97 Å². The topological polar surface area (TPSA) is 92.4 Å². The number of carbonyl (C=O) groups excluding carboxylic acids is 1. The van der Waals surface area contributed by atoms with Crippen molar-refractivity contribution in [3.05, 3.63) is 0 Å². The van der Waals surface area contributed by atoms with Crippen molar-refractivity contribution in [1.29, 1.82) is 0 Å². The van der Waals surface area contributed by atoms with Crippen LogP contribution in [0, 0.1) is 5.92 Å². The Morgan fingerprint density at radius 1 is 1.53 bits per heavy atom. The molecule has 15 heavy (non-hydrogen) atoms. The summed E-state index contributed by atoms with van der Waals surface area (Å²) in [6.45, 7) is 3.21. The average molecular weight is 214 g/mol. The smallest absolute Gasteiger partial charge is 0.305 e. The molecule has 1 aliphatic carbocycles. The zero-order valence-electron chi connectivity index (χ0n) is 9.12. The first-order valence-corrected chi connectivity index (χ1v) is 5.12. The summed E-state index contributed by atoms with van der Waals surface area (Å²) >= 11 is 0. The monoisotopic (exact) mass is 214 g/mol. The molecule has 0 aromatic heterocycles. The number of carboxylic acids is 1. The number of carboxylic acid groups (broad SMARTS) is 1. The Labute approximate surface area is 89.0 Å². The van der Waals surface area contributed by atoms with Gasteiger partial charge in [-0.2, -0.15) is 0 Å². The molecule has 1 saturated carbocycles. The number of hydrogen-bond donors (Lipinski definition) is 3. The van der Waals surface area contributed by atoms with E-state index in [-0.39, 0.29) is 18.4 Å². The number of nitrogens with two attached hydrogens (primary N) is 1. The van der Waals surface area contributed by atoms with Crippen molar-refractivity contribution < 1.29 is 14.7 Å². The van der Waals surface area contributed by atoms with Crippen molar-refractivity contribution in [3.8, 4) is 0 Å². The molecular formula is C10H18N2O3. The molecule has 4 N–H and O–H groups in total. The van der Waals surface area contributed by atoms with Gasteiger partial charge in [0.15, 0.2) is 0 Å². The molecule has 5 nitrogen and oxygen atoms in total. The summed E-state index contributed by atoms with van der Waals surface area (Å²) in [6, 6.07) is -0.266. The molecule has 0 bridgehead atoms. The van der Waals surface area contributed by atoms with Crippen molar-refractivity contribution in [2.24, 2.45) is 11.7 Å². The highest BCUT2D eigenvalue weighted by atomic mass is 16.4. The van der Waals surface area contributed by atoms with Gasteiger partial charge in [0.25, 0.3) is 0 Å². The Balaban J connectivity index is 2.51. The van der Waals surface area contributed by atoms with E-state index in [0.29, 0.717) is 5.92 Å². The molecule has 0 spiro atoms. The molecule has 5 heteroatoms. The Morgan fingerprint density at radius 2 is 2.07 bits per heavy atom. The Hall–Kier alpha value is -1.10. The average Bonchev–Trinajstić information content (AvgIpc) is 2.81. The van der Waals surface area contributed by atoms with Gasteiger partial charge in [0.2, 0.25) is 5.91 Å². The molecule has 1 unspecified atom stereocenters. The molecule has 1 rings (SSSR count). The summed E-state index contributed by atoms with van der Waals surface area (Å²) in [5.41, 5.74) is 4.67. The molecule has 1 atom stereocenters. The molecule has 0 aliphatic heterocycles. The number of rotatable bonds is 5. The van der Waals surface area contributed by atoms with Gasteiger partial charge in [-0.25, -0.2) is 0 Å². The lowest BCUT2D eigenvalue weighted by atomic mass is 10.0. The first kappa shape index (κ1) is 12.0. The lowest BCUT2D eigenvalue weighted by molar-refractivity contribution is -0.138. The van der Waals surface area contributed by atoms with Gasteiger partial charge in [0, 0.05) is 6.04 Å². The third-order valence-electron chi connectivity index (χ3n) is 2.49. The van der Waals surface area contributed by atoms with Crippen LogP contribution in [0.15, 0.2) is 0 Å². The highest BCUT2D eigenvalue weighted by Crippen LogP contribution is 2.34. The van der Waals surface area contributed by atoms with Crippen LogP contribution < -0.4 is 11.1 Å². The zero-order valence-corrected chi connectivity index (χ0v) is 9.12. The number of hydrogen-bond acceptors (Lipinski definition) is 3. The van der Waals surface area contributed by atoms with Gasteiger partial charge in [-0.15, -0.1) is 0 Å². The van der Waals surface area contributed by atoms with Gasteiger partial charge in [0.1, 0.15) is 0 Å². The largest absolute Gasteiger partial charge is 0.481 e. The molecule has 86 valence electrons. The maximum absolute atomic E-state index is 11.6. The molecule has 0 radical (unpaired) electrons. The van der Waals surface area contributed by atoms with Crippen LogP contribution in [0.2, 0.25) is 0 Å². The number of carbonyl (C=O) groups is 2. The van der Waals surface area contributed by atoms with Crippen LogP contribution in [-0.2, 0) is 9.59 Å².